The Morgan fingerprint density at radius 3 is 2.76 bits per heavy atom. The van der Waals surface area contributed by atoms with E-state index in [1.165, 1.54) is 9.75 Å². The number of rotatable bonds is 6. The van der Waals surface area contributed by atoms with Crippen molar-refractivity contribution in [2.45, 2.75) is 26.8 Å². The Morgan fingerprint density at radius 2 is 2.07 bits per heavy atom. The fourth-order valence-corrected chi connectivity index (χ4v) is 5.01. The van der Waals surface area contributed by atoms with Crippen LogP contribution in [-0.2, 0) is 13.0 Å². The van der Waals surface area contributed by atoms with Crippen molar-refractivity contribution in [3.63, 3.8) is 0 Å². The van der Waals surface area contributed by atoms with Crippen molar-refractivity contribution < 1.29 is 9.32 Å². The Bertz CT molecular complexity index is 956. The molecular weight excluding hydrogens is 406 g/mol. The van der Waals surface area contributed by atoms with E-state index in [4.69, 9.17) is 4.52 Å². The van der Waals surface area contributed by atoms with Gasteiger partial charge in [0, 0.05) is 49.0 Å². The molecule has 154 valence electrons. The van der Waals surface area contributed by atoms with E-state index in [0.29, 0.717) is 6.54 Å². The summed E-state index contributed by atoms with van der Waals surface area (Å²) in [6.45, 7) is 8.47. The molecule has 3 aromatic rings. The highest BCUT2D eigenvalue weighted by atomic mass is 32.1. The van der Waals surface area contributed by atoms with Crippen LogP contribution in [0, 0.1) is 13.8 Å². The number of hydrogen-bond donors (Lipinski definition) is 1. The second-order valence-electron chi connectivity index (χ2n) is 7.20. The lowest BCUT2D eigenvalue weighted by atomic mass is 10.3. The highest BCUT2D eigenvalue weighted by Gasteiger charge is 2.21. The number of aryl methyl sites for hydroxylation is 2. The number of carbonyl (C=O) groups excluding carboxylic acids is 1. The molecule has 9 heteroatoms. The van der Waals surface area contributed by atoms with Gasteiger partial charge >= 0.3 is 6.03 Å². The monoisotopic (exact) mass is 431 g/mol. The Balaban J connectivity index is 1.18. The van der Waals surface area contributed by atoms with E-state index >= 15 is 0 Å². The molecule has 1 aliphatic heterocycles. The van der Waals surface area contributed by atoms with Crippen molar-refractivity contribution >= 4 is 28.7 Å². The molecule has 1 fully saturated rings. The molecule has 7 nitrogen and oxygen atoms in total. The van der Waals surface area contributed by atoms with E-state index in [1.54, 1.807) is 22.7 Å². The molecule has 1 N–H and O–H groups in total. The second-order valence-corrected chi connectivity index (χ2v) is 9.43. The Kier molecular flexibility index (Phi) is 6.27. The van der Waals surface area contributed by atoms with Gasteiger partial charge in [-0.1, -0.05) is 5.16 Å². The van der Waals surface area contributed by atoms with Crippen molar-refractivity contribution in [1.82, 2.24) is 25.3 Å². The van der Waals surface area contributed by atoms with Crippen molar-refractivity contribution in [2.75, 3.05) is 32.7 Å². The number of nitrogens with zero attached hydrogens (tertiary/aromatic N) is 4. The molecule has 0 aromatic carbocycles. The summed E-state index contributed by atoms with van der Waals surface area (Å²) in [6, 6.07) is 6.23. The van der Waals surface area contributed by atoms with Gasteiger partial charge in [-0.05, 0) is 32.4 Å². The number of thiazole rings is 1. The van der Waals surface area contributed by atoms with Crippen LogP contribution in [0.5, 0.6) is 0 Å². The lowest BCUT2D eigenvalue weighted by Crippen LogP contribution is -2.51. The van der Waals surface area contributed by atoms with Crippen LogP contribution in [0.15, 0.2) is 28.1 Å². The Morgan fingerprint density at radius 1 is 1.24 bits per heavy atom. The molecule has 0 saturated carbocycles. The van der Waals surface area contributed by atoms with E-state index in [-0.39, 0.29) is 6.03 Å². The predicted octanol–water partition coefficient (Wildman–Crippen LogP) is 3.55. The molecule has 4 heterocycles. The van der Waals surface area contributed by atoms with Gasteiger partial charge in [0.05, 0.1) is 27.8 Å². The summed E-state index contributed by atoms with van der Waals surface area (Å²) in [7, 11) is 0. The van der Waals surface area contributed by atoms with Crippen LogP contribution in [0.2, 0.25) is 0 Å². The number of aromatic nitrogens is 2. The van der Waals surface area contributed by atoms with Gasteiger partial charge in [0.1, 0.15) is 0 Å². The van der Waals surface area contributed by atoms with E-state index in [2.05, 4.69) is 37.9 Å². The van der Waals surface area contributed by atoms with Gasteiger partial charge in [-0.3, -0.25) is 4.90 Å². The van der Waals surface area contributed by atoms with Crippen molar-refractivity contribution in [3.05, 3.63) is 44.9 Å². The van der Waals surface area contributed by atoms with Gasteiger partial charge in [0.15, 0.2) is 5.76 Å². The largest absolute Gasteiger partial charge is 0.360 e. The smallest absolute Gasteiger partial charge is 0.317 e. The highest BCUT2D eigenvalue weighted by molar-refractivity contribution is 7.16. The summed E-state index contributed by atoms with van der Waals surface area (Å²) in [4.78, 5) is 23.6. The van der Waals surface area contributed by atoms with Crippen molar-refractivity contribution in [2.24, 2.45) is 0 Å². The third-order valence-corrected chi connectivity index (χ3v) is 6.84. The van der Waals surface area contributed by atoms with Gasteiger partial charge in [0.2, 0.25) is 0 Å². The number of carbonyl (C=O) groups is 1. The van der Waals surface area contributed by atoms with E-state index < -0.39 is 0 Å². The minimum atomic E-state index is 0.0204. The standard InChI is InChI=1S/C20H25N5O2S2/c1-14-11-16(27-23-14)12-24-7-9-25(10-8-24)20(26)21-6-5-17-3-4-19(29-17)18-13-28-15(2)22-18/h3-4,11,13H,5-10,12H2,1-2H3,(H,21,26). The number of thiophene rings is 1. The van der Waals surface area contributed by atoms with Crippen LogP contribution in [0.25, 0.3) is 10.6 Å². The summed E-state index contributed by atoms with van der Waals surface area (Å²) >= 11 is 3.42. The highest BCUT2D eigenvalue weighted by Crippen LogP contribution is 2.29. The first-order chi connectivity index (χ1) is 14.1. The third kappa shape index (κ3) is 5.23. The van der Waals surface area contributed by atoms with Gasteiger partial charge in [-0.15, -0.1) is 22.7 Å². The first-order valence-electron chi connectivity index (χ1n) is 9.75. The Hall–Kier alpha value is -2.23. The fourth-order valence-electron chi connectivity index (χ4n) is 3.35. The van der Waals surface area contributed by atoms with E-state index in [1.807, 2.05) is 24.8 Å². The summed E-state index contributed by atoms with van der Waals surface area (Å²) in [5.74, 6) is 0.878. The van der Waals surface area contributed by atoms with Crippen LogP contribution in [-0.4, -0.2) is 58.7 Å². The predicted molar refractivity (Wildman–Crippen MR) is 115 cm³/mol. The maximum Gasteiger partial charge on any atom is 0.317 e. The normalized spacial score (nSPS) is 15.0. The third-order valence-electron chi connectivity index (χ3n) is 4.90. The zero-order chi connectivity index (χ0) is 20.2. The van der Waals surface area contributed by atoms with Gasteiger partial charge in [-0.25, -0.2) is 9.78 Å². The second kappa shape index (κ2) is 9.06. The van der Waals surface area contributed by atoms with Crippen LogP contribution >= 0.6 is 22.7 Å². The molecule has 0 spiro atoms. The minimum absolute atomic E-state index is 0.0204. The number of piperazine rings is 1. The molecule has 2 amide bonds. The Labute approximate surface area is 178 Å². The maximum atomic E-state index is 12.4. The summed E-state index contributed by atoms with van der Waals surface area (Å²) in [5, 5.41) is 10.2. The molecule has 1 saturated heterocycles. The number of nitrogens with one attached hydrogen (secondary N) is 1. The molecule has 29 heavy (non-hydrogen) atoms. The van der Waals surface area contributed by atoms with Crippen molar-refractivity contribution in [1.29, 1.82) is 0 Å². The van der Waals surface area contributed by atoms with Gasteiger partial charge < -0.3 is 14.7 Å². The van der Waals surface area contributed by atoms with Crippen molar-refractivity contribution in [3.8, 4) is 10.6 Å². The van der Waals surface area contributed by atoms with Crippen LogP contribution < -0.4 is 5.32 Å². The molecule has 0 atom stereocenters. The average molecular weight is 432 g/mol. The molecular formula is C20H25N5O2S2. The van der Waals surface area contributed by atoms with Crippen LogP contribution in [0.3, 0.4) is 0 Å². The average Bonchev–Trinajstić information content (AvgIpc) is 3.44. The molecule has 4 rings (SSSR count). The zero-order valence-electron chi connectivity index (χ0n) is 16.7. The maximum absolute atomic E-state index is 12.4. The molecule has 0 unspecified atom stereocenters. The molecule has 3 aromatic heterocycles. The lowest BCUT2D eigenvalue weighted by Gasteiger charge is -2.34. The summed E-state index contributed by atoms with van der Waals surface area (Å²) < 4.78 is 5.28. The summed E-state index contributed by atoms with van der Waals surface area (Å²) in [6.07, 6.45) is 0.838. The topological polar surface area (TPSA) is 74.5 Å². The number of hydrogen-bond acceptors (Lipinski definition) is 7. The fraction of sp³-hybridized carbons (Fsp3) is 0.450. The molecule has 0 radical (unpaired) electrons. The van der Waals surface area contributed by atoms with E-state index in [0.717, 1.165) is 61.3 Å². The van der Waals surface area contributed by atoms with Gasteiger partial charge in [0.25, 0.3) is 0 Å². The molecule has 0 aliphatic carbocycles. The zero-order valence-corrected chi connectivity index (χ0v) is 18.3. The molecule has 0 bridgehead atoms. The minimum Gasteiger partial charge on any atom is -0.360 e. The quantitative estimate of drug-likeness (QED) is 0.646. The lowest BCUT2D eigenvalue weighted by molar-refractivity contribution is 0.128. The van der Waals surface area contributed by atoms with Crippen LogP contribution in [0.1, 0.15) is 21.3 Å². The number of amides is 2. The van der Waals surface area contributed by atoms with Crippen LogP contribution in [0.4, 0.5) is 4.79 Å². The first-order valence-corrected chi connectivity index (χ1v) is 11.4. The SMILES string of the molecule is Cc1cc(CN2CCN(C(=O)NCCc3ccc(-c4csc(C)n4)s3)CC2)on1. The summed E-state index contributed by atoms with van der Waals surface area (Å²) in [5.41, 5.74) is 1.95. The van der Waals surface area contributed by atoms with Gasteiger partial charge in [-0.2, -0.15) is 0 Å². The molecule has 1 aliphatic rings. The first kappa shape index (κ1) is 20.1. The van der Waals surface area contributed by atoms with E-state index in [9.17, 15) is 4.79 Å². The number of urea groups is 1.